The number of benzene rings is 2. The smallest absolute Gasteiger partial charge is 0.269 e. The van der Waals surface area contributed by atoms with Crippen molar-refractivity contribution in [1.29, 1.82) is 0 Å². The van der Waals surface area contributed by atoms with Gasteiger partial charge in [-0.3, -0.25) is 15.6 Å². The predicted molar refractivity (Wildman–Crippen MR) is 90.2 cm³/mol. The number of anilines is 1. The van der Waals surface area contributed by atoms with Crippen molar-refractivity contribution in [3.8, 4) is 0 Å². The number of hydrogen-bond donors (Lipinski definition) is 2. The molecule has 2 N–H and O–H groups in total. The van der Waals surface area contributed by atoms with Gasteiger partial charge < -0.3 is 0 Å². The third kappa shape index (κ3) is 3.36. The molecule has 24 heavy (non-hydrogen) atoms. The number of sulfone groups is 1. The topological polar surface area (TPSA) is 88.2 Å². The van der Waals surface area contributed by atoms with Crippen molar-refractivity contribution in [3.05, 3.63) is 53.8 Å². The van der Waals surface area contributed by atoms with E-state index in [0.29, 0.717) is 9.83 Å². The first-order valence-electron chi connectivity index (χ1n) is 6.76. The Bertz CT molecular complexity index is 1010. The second kappa shape index (κ2) is 6.17. The first-order chi connectivity index (χ1) is 11.3. The molecule has 0 bridgehead atoms. The summed E-state index contributed by atoms with van der Waals surface area (Å²) in [5.41, 5.74) is 5.58. The first-order valence-corrected chi connectivity index (χ1v) is 9.47. The van der Waals surface area contributed by atoms with E-state index in [9.17, 15) is 17.6 Å². The summed E-state index contributed by atoms with van der Waals surface area (Å²) in [6.07, 6.45) is 1.09. The van der Waals surface area contributed by atoms with Gasteiger partial charge in [-0.25, -0.2) is 17.8 Å². The van der Waals surface area contributed by atoms with Crippen LogP contribution < -0.4 is 10.9 Å². The van der Waals surface area contributed by atoms with E-state index in [2.05, 4.69) is 15.8 Å². The van der Waals surface area contributed by atoms with E-state index >= 15 is 0 Å². The molecule has 0 atom stereocenters. The summed E-state index contributed by atoms with van der Waals surface area (Å²) >= 11 is 1.20. The first kappa shape index (κ1) is 16.3. The van der Waals surface area contributed by atoms with Gasteiger partial charge in [0, 0.05) is 11.8 Å². The van der Waals surface area contributed by atoms with Crippen LogP contribution in [-0.2, 0) is 9.84 Å². The number of hydrazine groups is 1. The number of nitrogens with zero attached hydrogens (tertiary/aromatic N) is 1. The van der Waals surface area contributed by atoms with Crippen molar-refractivity contribution in [2.45, 2.75) is 4.90 Å². The molecule has 0 saturated heterocycles. The fraction of sp³-hybridized carbons (Fsp3) is 0.0667. The van der Waals surface area contributed by atoms with Gasteiger partial charge in [-0.2, -0.15) is 0 Å². The minimum Gasteiger partial charge on any atom is -0.273 e. The van der Waals surface area contributed by atoms with Crippen molar-refractivity contribution >= 4 is 42.4 Å². The monoisotopic (exact) mass is 365 g/mol. The zero-order valence-electron chi connectivity index (χ0n) is 12.4. The second-order valence-electron chi connectivity index (χ2n) is 4.98. The number of fused-ring (bicyclic) bond motifs is 1. The summed E-state index contributed by atoms with van der Waals surface area (Å²) < 4.78 is 37.0. The molecule has 2 aromatic carbocycles. The quantitative estimate of drug-likeness (QED) is 0.694. The molecule has 9 heteroatoms. The van der Waals surface area contributed by atoms with Crippen LogP contribution in [0.15, 0.2) is 47.4 Å². The van der Waals surface area contributed by atoms with Gasteiger partial charge in [-0.1, -0.05) is 17.4 Å². The molecule has 0 aliphatic carbocycles. The number of nitrogens with one attached hydrogen (secondary N) is 2. The highest BCUT2D eigenvalue weighted by Gasteiger charge is 2.11. The standard InChI is InChI=1S/C15H12FN3O3S2/c1-24(21,22)10-7-5-9(6-8-10)14(20)18-19-15-17-13-11(16)3-2-4-12(13)23-15/h2-8H,1H3,(H,17,19)(H,18,20). The number of amides is 1. The van der Waals surface area contributed by atoms with Crippen LogP contribution in [0.25, 0.3) is 10.2 Å². The summed E-state index contributed by atoms with van der Waals surface area (Å²) in [4.78, 5) is 16.2. The molecular formula is C15H12FN3O3S2. The summed E-state index contributed by atoms with van der Waals surface area (Å²) in [5.74, 6) is -0.894. The molecule has 124 valence electrons. The zero-order chi connectivity index (χ0) is 17.3. The van der Waals surface area contributed by atoms with Crippen molar-refractivity contribution in [3.63, 3.8) is 0 Å². The lowest BCUT2D eigenvalue weighted by atomic mass is 10.2. The molecule has 0 aliphatic rings. The number of thiazole rings is 1. The maximum atomic E-state index is 13.6. The Morgan fingerprint density at radius 1 is 1.17 bits per heavy atom. The minimum absolute atomic E-state index is 0.133. The zero-order valence-corrected chi connectivity index (χ0v) is 14.0. The molecule has 1 amide bonds. The molecule has 3 aromatic rings. The van der Waals surface area contributed by atoms with Crippen LogP contribution in [0.3, 0.4) is 0 Å². The average Bonchev–Trinajstić information content (AvgIpc) is 2.96. The molecule has 1 heterocycles. The van der Waals surface area contributed by atoms with E-state index < -0.39 is 21.6 Å². The molecule has 3 rings (SSSR count). The fourth-order valence-corrected chi connectivity index (χ4v) is 3.47. The van der Waals surface area contributed by atoms with E-state index in [-0.39, 0.29) is 16.0 Å². The highest BCUT2D eigenvalue weighted by atomic mass is 32.2. The van der Waals surface area contributed by atoms with E-state index in [1.165, 1.54) is 41.7 Å². The molecule has 6 nitrogen and oxygen atoms in total. The molecule has 0 spiro atoms. The van der Waals surface area contributed by atoms with Gasteiger partial charge in [0.05, 0.1) is 9.60 Å². The van der Waals surface area contributed by atoms with Crippen LogP contribution in [0.1, 0.15) is 10.4 Å². The van der Waals surface area contributed by atoms with Crippen molar-refractivity contribution in [2.75, 3.05) is 11.7 Å². The van der Waals surface area contributed by atoms with Gasteiger partial charge >= 0.3 is 0 Å². The van der Waals surface area contributed by atoms with Crippen LogP contribution in [-0.4, -0.2) is 25.6 Å². The van der Waals surface area contributed by atoms with E-state index in [0.717, 1.165) is 6.26 Å². The van der Waals surface area contributed by atoms with Crippen LogP contribution in [0.2, 0.25) is 0 Å². The van der Waals surface area contributed by atoms with E-state index in [1.54, 1.807) is 12.1 Å². The molecule has 0 fully saturated rings. The molecule has 0 aliphatic heterocycles. The highest BCUT2D eigenvalue weighted by molar-refractivity contribution is 7.90. The number of aromatic nitrogens is 1. The summed E-state index contributed by atoms with van der Waals surface area (Å²) in [6, 6.07) is 10.2. The Morgan fingerprint density at radius 2 is 1.88 bits per heavy atom. The van der Waals surface area contributed by atoms with Gasteiger partial charge in [0.1, 0.15) is 11.3 Å². The Morgan fingerprint density at radius 3 is 2.50 bits per heavy atom. The maximum Gasteiger partial charge on any atom is 0.269 e. The number of rotatable bonds is 4. The third-order valence-corrected chi connectivity index (χ3v) is 5.26. The fourth-order valence-electron chi connectivity index (χ4n) is 2.00. The number of halogens is 1. The largest absolute Gasteiger partial charge is 0.273 e. The normalized spacial score (nSPS) is 11.4. The molecule has 0 saturated carbocycles. The molecule has 0 unspecified atom stereocenters. The van der Waals surface area contributed by atoms with Crippen LogP contribution in [0.5, 0.6) is 0 Å². The van der Waals surface area contributed by atoms with Gasteiger partial charge in [-0.15, -0.1) is 0 Å². The summed E-state index contributed by atoms with van der Waals surface area (Å²) in [6.45, 7) is 0. The van der Waals surface area contributed by atoms with E-state index in [1.807, 2.05) is 0 Å². The lowest BCUT2D eigenvalue weighted by Crippen LogP contribution is -2.29. The van der Waals surface area contributed by atoms with Gasteiger partial charge in [0.2, 0.25) is 5.13 Å². The lowest BCUT2D eigenvalue weighted by Gasteiger charge is -2.06. The Kier molecular flexibility index (Phi) is 4.20. The second-order valence-corrected chi connectivity index (χ2v) is 8.03. The van der Waals surface area contributed by atoms with Crippen molar-refractivity contribution < 1.29 is 17.6 Å². The van der Waals surface area contributed by atoms with Crippen molar-refractivity contribution in [1.82, 2.24) is 10.4 Å². The van der Waals surface area contributed by atoms with Gasteiger partial charge in [0.25, 0.3) is 5.91 Å². The summed E-state index contributed by atoms with van der Waals surface area (Å²) in [7, 11) is -3.31. The van der Waals surface area contributed by atoms with E-state index in [4.69, 9.17) is 0 Å². The SMILES string of the molecule is CS(=O)(=O)c1ccc(C(=O)NNc2nc3c(F)cccc3s2)cc1. The average molecular weight is 365 g/mol. The van der Waals surface area contributed by atoms with Gasteiger partial charge in [-0.05, 0) is 36.4 Å². The van der Waals surface area contributed by atoms with Crippen LogP contribution in [0, 0.1) is 5.82 Å². The van der Waals surface area contributed by atoms with Crippen LogP contribution in [0.4, 0.5) is 9.52 Å². The Hall–Kier alpha value is -2.52. The minimum atomic E-state index is -3.31. The molecule has 0 radical (unpaired) electrons. The van der Waals surface area contributed by atoms with Crippen LogP contribution >= 0.6 is 11.3 Å². The van der Waals surface area contributed by atoms with Gasteiger partial charge in [0.15, 0.2) is 9.84 Å². The molecule has 1 aromatic heterocycles. The van der Waals surface area contributed by atoms with Crippen molar-refractivity contribution in [2.24, 2.45) is 0 Å². The Labute approximate surface area is 141 Å². The lowest BCUT2D eigenvalue weighted by molar-refractivity contribution is 0.0962. The predicted octanol–water partition coefficient (Wildman–Crippen LogP) is 2.60. The highest BCUT2D eigenvalue weighted by Crippen LogP contribution is 2.26. The number of hydrogen-bond acceptors (Lipinski definition) is 6. The maximum absolute atomic E-state index is 13.6. The number of carbonyl (C=O) groups excluding carboxylic acids is 1. The Balaban J connectivity index is 1.71. The third-order valence-electron chi connectivity index (χ3n) is 3.20. The summed E-state index contributed by atoms with van der Waals surface area (Å²) in [5, 5.41) is 0.344. The molecular weight excluding hydrogens is 353 g/mol. The number of para-hydroxylation sites is 1. The number of carbonyl (C=O) groups is 1.